The van der Waals surface area contributed by atoms with E-state index in [2.05, 4.69) is 28.0 Å². The van der Waals surface area contributed by atoms with E-state index in [1.165, 1.54) is 5.56 Å². The Hall–Kier alpha value is -2.60. The van der Waals surface area contributed by atoms with Crippen LogP contribution in [-0.4, -0.2) is 31.1 Å². The van der Waals surface area contributed by atoms with Crippen LogP contribution in [0.4, 0.5) is 0 Å². The summed E-state index contributed by atoms with van der Waals surface area (Å²) in [5.41, 5.74) is 5.00. The van der Waals surface area contributed by atoms with E-state index in [9.17, 15) is 0 Å². The van der Waals surface area contributed by atoms with Gasteiger partial charge in [-0.2, -0.15) is 5.10 Å². The molecule has 0 amide bonds. The molecule has 1 aliphatic heterocycles. The van der Waals surface area contributed by atoms with E-state index in [-0.39, 0.29) is 0 Å². The van der Waals surface area contributed by atoms with Crippen molar-refractivity contribution in [3.05, 3.63) is 59.7 Å². The van der Waals surface area contributed by atoms with Crippen molar-refractivity contribution < 1.29 is 9.47 Å². The summed E-state index contributed by atoms with van der Waals surface area (Å²) < 4.78 is 11.0. The van der Waals surface area contributed by atoms with Crippen LogP contribution in [0.25, 0.3) is 0 Å². The number of thiocarbonyl (C=S) groups is 1. The van der Waals surface area contributed by atoms with Crippen molar-refractivity contribution in [3.63, 3.8) is 0 Å². The average molecular weight is 341 g/mol. The van der Waals surface area contributed by atoms with Crippen LogP contribution in [0.15, 0.2) is 53.6 Å². The topological polar surface area (TPSA) is 54.9 Å². The summed E-state index contributed by atoms with van der Waals surface area (Å²) in [7, 11) is 0. The molecule has 1 heterocycles. The molecule has 0 spiro atoms. The monoisotopic (exact) mass is 341 g/mol. The molecule has 0 atom stereocenters. The zero-order valence-corrected chi connectivity index (χ0v) is 14.0. The molecule has 0 saturated heterocycles. The lowest BCUT2D eigenvalue weighted by atomic mass is 10.1. The molecule has 1 aliphatic rings. The first-order valence-corrected chi connectivity index (χ1v) is 8.22. The standard InChI is InChI=1S/C18H19N3O2S/c24-18(19-9-8-14-4-2-1-3-5-14)21-20-13-15-6-7-16-17(12-15)23-11-10-22-16/h1-7,12-13H,8-11H2,(H2,19,21,24)/b20-13+. The Labute approximate surface area is 146 Å². The van der Waals surface area contributed by atoms with E-state index in [1.807, 2.05) is 36.4 Å². The Morgan fingerprint density at radius 3 is 2.71 bits per heavy atom. The summed E-state index contributed by atoms with van der Waals surface area (Å²) in [5, 5.41) is 7.77. The lowest BCUT2D eigenvalue weighted by Crippen LogP contribution is -2.33. The number of nitrogens with one attached hydrogen (secondary N) is 2. The van der Waals surface area contributed by atoms with Crippen molar-refractivity contribution in [2.45, 2.75) is 6.42 Å². The zero-order valence-electron chi connectivity index (χ0n) is 13.2. The molecule has 0 fully saturated rings. The normalized spacial score (nSPS) is 12.8. The lowest BCUT2D eigenvalue weighted by molar-refractivity contribution is 0.171. The minimum Gasteiger partial charge on any atom is -0.486 e. The van der Waals surface area contributed by atoms with Gasteiger partial charge >= 0.3 is 0 Å². The maximum Gasteiger partial charge on any atom is 0.186 e. The largest absolute Gasteiger partial charge is 0.486 e. The summed E-state index contributed by atoms with van der Waals surface area (Å²) in [6, 6.07) is 16.0. The van der Waals surface area contributed by atoms with Crippen LogP contribution in [0.3, 0.4) is 0 Å². The molecular formula is C18H19N3O2S. The molecule has 2 aromatic carbocycles. The fourth-order valence-electron chi connectivity index (χ4n) is 2.31. The Bertz CT molecular complexity index is 719. The third kappa shape index (κ3) is 4.70. The van der Waals surface area contributed by atoms with E-state index >= 15 is 0 Å². The van der Waals surface area contributed by atoms with Crippen LogP contribution in [-0.2, 0) is 6.42 Å². The van der Waals surface area contributed by atoms with Crippen molar-refractivity contribution in [1.82, 2.24) is 10.7 Å². The summed E-state index contributed by atoms with van der Waals surface area (Å²) >= 11 is 5.20. The summed E-state index contributed by atoms with van der Waals surface area (Å²) in [6.07, 6.45) is 2.61. The first-order valence-electron chi connectivity index (χ1n) is 7.82. The zero-order chi connectivity index (χ0) is 16.6. The van der Waals surface area contributed by atoms with Crippen molar-refractivity contribution in [2.75, 3.05) is 19.8 Å². The molecule has 0 saturated carbocycles. The third-order valence-corrected chi connectivity index (χ3v) is 3.72. The highest BCUT2D eigenvalue weighted by atomic mass is 32.1. The number of hydrogen-bond acceptors (Lipinski definition) is 4. The summed E-state index contributed by atoms with van der Waals surface area (Å²) in [6.45, 7) is 1.92. The number of hydrazone groups is 1. The Morgan fingerprint density at radius 1 is 1.08 bits per heavy atom. The van der Waals surface area contributed by atoms with Gasteiger partial charge in [-0.05, 0) is 48.0 Å². The number of benzene rings is 2. The lowest BCUT2D eigenvalue weighted by Gasteiger charge is -2.18. The minimum absolute atomic E-state index is 0.500. The SMILES string of the molecule is S=C(NCCc1ccccc1)N/N=C/c1ccc2c(c1)OCCO2. The van der Waals surface area contributed by atoms with Crippen LogP contribution in [0, 0.1) is 0 Å². The summed E-state index contributed by atoms with van der Waals surface area (Å²) in [5.74, 6) is 1.51. The van der Waals surface area contributed by atoms with Crippen LogP contribution < -0.4 is 20.2 Å². The second-order valence-electron chi connectivity index (χ2n) is 5.26. The van der Waals surface area contributed by atoms with Crippen molar-refractivity contribution in [3.8, 4) is 11.5 Å². The second-order valence-corrected chi connectivity index (χ2v) is 5.67. The maximum atomic E-state index is 5.54. The van der Waals surface area contributed by atoms with Gasteiger partial charge in [-0.15, -0.1) is 0 Å². The predicted octanol–water partition coefficient (Wildman–Crippen LogP) is 2.50. The van der Waals surface area contributed by atoms with Crippen molar-refractivity contribution in [1.29, 1.82) is 0 Å². The van der Waals surface area contributed by atoms with E-state index in [1.54, 1.807) is 6.21 Å². The fourth-order valence-corrected chi connectivity index (χ4v) is 2.47. The van der Waals surface area contributed by atoms with Gasteiger partial charge in [0.15, 0.2) is 16.6 Å². The van der Waals surface area contributed by atoms with Crippen LogP contribution >= 0.6 is 12.2 Å². The molecule has 5 nitrogen and oxygen atoms in total. The van der Waals surface area contributed by atoms with Gasteiger partial charge in [-0.3, -0.25) is 5.43 Å². The molecule has 0 aromatic heterocycles. The van der Waals surface area contributed by atoms with Gasteiger partial charge in [0.1, 0.15) is 13.2 Å². The van der Waals surface area contributed by atoms with Crippen molar-refractivity contribution >= 4 is 23.5 Å². The highest BCUT2D eigenvalue weighted by Crippen LogP contribution is 2.30. The number of hydrogen-bond donors (Lipinski definition) is 2. The molecule has 2 N–H and O–H groups in total. The minimum atomic E-state index is 0.500. The second kappa shape index (κ2) is 8.31. The van der Waals surface area contributed by atoms with Gasteiger partial charge < -0.3 is 14.8 Å². The number of rotatable bonds is 5. The average Bonchev–Trinajstić information content (AvgIpc) is 2.62. The molecule has 6 heteroatoms. The van der Waals surface area contributed by atoms with Crippen LogP contribution in [0.5, 0.6) is 11.5 Å². The molecular weight excluding hydrogens is 322 g/mol. The van der Waals surface area contributed by atoms with E-state index in [4.69, 9.17) is 21.7 Å². The highest BCUT2D eigenvalue weighted by molar-refractivity contribution is 7.80. The highest BCUT2D eigenvalue weighted by Gasteiger charge is 2.10. The van der Waals surface area contributed by atoms with E-state index in [0.717, 1.165) is 30.0 Å². The summed E-state index contributed by atoms with van der Waals surface area (Å²) in [4.78, 5) is 0. The van der Waals surface area contributed by atoms with Crippen LogP contribution in [0.2, 0.25) is 0 Å². The molecule has 0 unspecified atom stereocenters. The van der Waals surface area contributed by atoms with Gasteiger partial charge in [0.25, 0.3) is 0 Å². The Kier molecular flexibility index (Phi) is 5.63. The quantitative estimate of drug-likeness (QED) is 0.497. The number of fused-ring (bicyclic) bond motifs is 1. The maximum absolute atomic E-state index is 5.54. The number of ether oxygens (including phenoxy) is 2. The van der Waals surface area contributed by atoms with Gasteiger partial charge in [-0.1, -0.05) is 30.3 Å². The first kappa shape index (κ1) is 16.3. The molecule has 124 valence electrons. The molecule has 0 radical (unpaired) electrons. The Morgan fingerprint density at radius 2 is 1.88 bits per heavy atom. The molecule has 0 aliphatic carbocycles. The fraction of sp³-hybridized carbons (Fsp3) is 0.222. The van der Waals surface area contributed by atoms with Crippen molar-refractivity contribution in [2.24, 2.45) is 5.10 Å². The van der Waals surface area contributed by atoms with E-state index in [0.29, 0.717) is 18.3 Å². The first-order chi connectivity index (χ1) is 11.8. The van der Waals surface area contributed by atoms with Crippen LogP contribution in [0.1, 0.15) is 11.1 Å². The number of nitrogens with zero attached hydrogens (tertiary/aromatic N) is 1. The van der Waals surface area contributed by atoms with Gasteiger partial charge in [0, 0.05) is 6.54 Å². The van der Waals surface area contributed by atoms with E-state index < -0.39 is 0 Å². The Balaban J connectivity index is 1.43. The molecule has 0 bridgehead atoms. The molecule has 3 rings (SSSR count). The molecule has 2 aromatic rings. The predicted molar refractivity (Wildman–Crippen MR) is 98.9 cm³/mol. The van der Waals surface area contributed by atoms with Gasteiger partial charge in [0.05, 0.1) is 6.21 Å². The third-order valence-electron chi connectivity index (χ3n) is 3.49. The smallest absolute Gasteiger partial charge is 0.186 e. The van der Waals surface area contributed by atoms with Gasteiger partial charge in [-0.25, -0.2) is 0 Å². The molecule has 24 heavy (non-hydrogen) atoms. The van der Waals surface area contributed by atoms with Gasteiger partial charge in [0.2, 0.25) is 0 Å².